The number of ether oxygens (including phenoxy) is 1. The summed E-state index contributed by atoms with van der Waals surface area (Å²) in [7, 11) is -3.28. The van der Waals surface area contributed by atoms with E-state index < -0.39 is 28.2 Å². The monoisotopic (exact) mass is 580 g/mol. The Labute approximate surface area is 207 Å². The number of rotatable bonds is 17. The van der Waals surface area contributed by atoms with Crippen molar-refractivity contribution in [1.82, 2.24) is 0 Å². The maximum atomic E-state index is 12.9. The molecule has 5 heteroatoms. The van der Waals surface area contributed by atoms with Gasteiger partial charge in [0.05, 0.1) is 0 Å². The first-order valence-electron chi connectivity index (χ1n) is 12.9. The first kappa shape index (κ1) is 28.4. The zero-order chi connectivity index (χ0) is 24.0. The van der Waals surface area contributed by atoms with Crippen LogP contribution in [0.5, 0.6) is 0 Å². The van der Waals surface area contributed by atoms with Crippen LogP contribution in [-0.2, 0) is 21.2 Å². The summed E-state index contributed by atoms with van der Waals surface area (Å²) in [6.45, 7) is 7.84. The van der Waals surface area contributed by atoms with Gasteiger partial charge < -0.3 is 0 Å². The second-order valence-electron chi connectivity index (χ2n) is 9.33. The molecule has 0 aliphatic rings. The first-order valence-corrected chi connectivity index (χ1v) is 22.1. The van der Waals surface area contributed by atoms with Crippen molar-refractivity contribution in [1.29, 1.82) is 0 Å². The van der Waals surface area contributed by atoms with Gasteiger partial charge in [-0.05, 0) is 0 Å². The molecule has 0 N–H and O–H groups in total. The Morgan fingerprint density at radius 3 is 1.79 bits per heavy atom. The number of sulfone groups is 1. The summed E-state index contributed by atoms with van der Waals surface area (Å²) >= 11 is -2.51. The quantitative estimate of drug-likeness (QED) is 0.148. The Morgan fingerprint density at radius 1 is 0.727 bits per heavy atom. The average molecular weight is 579 g/mol. The van der Waals surface area contributed by atoms with E-state index in [-0.39, 0.29) is 5.75 Å². The predicted octanol–water partition coefficient (Wildman–Crippen LogP) is 7.12. The van der Waals surface area contributed by atoms with Crippen molar-refractivity contribution in [2.45, 2.75) is 90.5 Å². The maximum absolute atomic E-state index is 12.9. The fraction of sp³-hybridized carbons (Fsp3) is 0.571. The van der Waals surface area contributed by atoms with Crippen molar-refractivity contribution in [3.05, 3.63) is 60.2 Å². The van der Waals surface area contributed by atoms with Crippen molar-refractivity contribution in [3.63, 3.8) is 0 Å². The van der Waals surface area contributed by atoms with E-state index in [1.54, 1.807) is 0 Å². The average Bonchev–Trinajstić information content (AvgIpc) is 2.84. The predicted molar refractivity (Wildman–Crippen MR) is 144 cm³/mol. The van der Waals surface area contributed by atoms with Gasteiger partial charge in [-0.15, -0.1) is 0 Å². The molecular weight excluding hydrogens is 535 g/mol. The van der Waals surface area contributed by atoms with Crippen LogP contribution in [0, 0.1) is 0 Å². The molecule has 33 heavy (non-hydrogen) atoms. The van der Waals surface area contributed by atoms with Crippen molar-refractivity contribution in [2.24, 2.45) is 0 Å². The third-order valence-electron chi connectivity index (χ3n) is 6.67. The van der Waals surface area contributed by atoms with Gasteiger partial charge in [-0.25, -0.2) is 0 Å². The second-order valence-corrected chi connectivity index (χ2v) is 24.7. The summed E-state index contributed by atoms with van der Waals surface area (Å²) in [5.74, 6) is 0.136. The van der Waals surface area contributed by atoms with Crippen LogP contribution >= 0.6 is 0 Å². The van der Waals surface area contributed by atoms with Crippen molar-refractivity contribution in [3.8, 4) is 0 Å². The molecule has 0 heterocycles. The Morgan fingerprint density at radius 2 is 1.27 bits per heavy atom. The number of hydrogen-bond acceptors (Lipinski definition) is 3. The van der Waals surface area contributed by atoms with Crippen LogP contribution in [0.15, 0.2) is 59.5 Å². The van der Waals surface area contributed by atoms with Gasteiger partial charge in [0.25, 0.3) is 0 Å². The third kappa shape index (κ3) is 9.37. The molecule has 0 spiro atoms. The molecule has 0 saturated carbocycles. The van der Waals surface area contributed by atoms with Gasteiger partial charge in [-0.2, -0.15) is 0 Å². The molecule has 184 valence electrons. The molecule has 0 aromatic heterocycles. The molecule has 2 aromatic carbocycles. The van der Waals surface area contributed by atoms with Crippen LogP contribution in [0.2, 0.25) is 13.3 Å². The SMILES string of the molecule is CCC[CH2][Sn]([CH2]CCC)([CH2]CCC)[c]1ccc(S(=O)(=O)CCCOCc2ccccc2)cc1. The molecule has 0 fully saturated rings. The van der Waals surface area contributed by atoms with E-state index in [1.807, 2.05) is 42.5 Å². The van der Waals surface area contributed by atoms with Crippen LogP contribution in [0.4, 0.5) is 0 Å². The van der Waals surface area contributed by atoms with E-state index in [9.17, 15) is 8.42 Å². The van der Waals surface area contributed by atoms with Gasteiger partial charge in [0.2, 0.25) is 0 Å². The van der Waals surface area contributed by atoms with E-state index in [4.69, 9.17) is 4.74 Å². The van der Waals surface area contributed by atoms with Crippen molar-refractivity contribution < 1.29 is 13.2 Å². The van der Waals surface area contributed by atoms with Gasteiger partial charge in [0.15, 0.2) is 0 Å². The molecule has 2 rings (SSSR count). The van der Waals surface area contributed by atoms with Crippen LogP contribution in [0.25, 0.3) is 0 Å². The van der Waals surface area contributed by atoms with Gasteiger partial charge in [-0.1, -0.05) is 18.2 Å². The second kappa shape index (κ2) is 15.2. The fourth-order valence-corrected chi connectivity index (χ4v) is 21.8. The van der Waals surface area contributed by atoms with Gasteiger partial charge in [0.1, 0.15) is 0 Å². The van der Waals surface area contributed by atoms with E-state index >= 15 is 0 Å². The van der Waals surface area contributed by atoms with Gasteiger partial charge >= 0.3 is 190 Å². The molecule has 3 nitrogen and oxygen atoms in total. The Balaban J connectivity index is 2.02. The summed E-state index contributed by atoms with van der Waals surface area (Å²) in [5.41, 5.74) is 1.11. The standard InChI is InChI=1S/C16H17O3S.3C4H9.Sn/c17-20(18,16-10-5-2-6-11-16)13-7-12-19-14-15-8-3-1-4-9-15;3*1-3-4-2;/h1,3-6,8-11H,7,12-14H2;3*1,3-4H2,2H3;. The zero-order valence-corrected chi connectivity index (χ0v) is 24.7. The van der Waals surface area contributed by atoms with E-state index in [0.29, 0.717) is 24.5 Å². The molecule has 0 unspecified atom stereocenters. The molecule has 0 radical (unpaired) electrons. The zero-order valence-electron chi connectivity index (χ0n) is 21.0. The summed E-state index contributed by atoms with van der Waals surface area (Å²) in [5, 5.41) is 0. The third-order valence-corrected chi connectivity index (χ3v) is 24.2. The molecule has 0 saturated heterocycles. The number of hydrogen-bond donors (Lipinski definition) is 0. The number of benzene rings is 2. The number of unbranched alkanes of at least 4 members (excludes halogenated alkanes) is 3. The van der Waals surface area contributed by atoms with Gasteiger partial charge in [0, 0.05) is 0 Å². The van der Waals surface area contributed by atoms with E-state index in [0.717, 1.165) is 5.56 Å². The van der Waals surface area contributed by atoms with Crippen LogP contribution in [0.3, 0.4) is 0 Å². The molecule has 0 aliphatic heterocycles. The minimum absolute atomic E-state index is 0.136. The summed E-state index contributed by atoms with van der Waals surface area (Å²) in [4.78, 5) is 0.468. The molecule has 0 aliphatic carbocycles. The Hall–Kier alpha value is -0.851. The summed E-state index contributed by atoms with van der Waals surface area (Å²) in [6.07, 6.45) is 8.19. The molecular formula is C28H44O3SSn. The molecule has 0 amide bonds. The molecule has 2 aromatic rings. The van der Waals surface area contributed by atoms with Crippen LogP contribution in [0.1, 0.15) is 71.3 Å². The topological polar surface area (TPSA) is 43.4 Å². The van der Waals surface area contributed by atoms with Crippen molar-refractivity contribution >= 4 is 31.8 Å². The summed E-state index contributed by atoms with van der Waals surface area (Å²) in [6, 6.07) is 18.2. The fourth-order valence-electron chi connectivity index (χ4n) is 4.60. The first-order chi connectivity index (χ1) is 16.0. The van der Waals surface area contributed by atoms with E-state index in [1.165, 1.54) is 55.4 Å². The van der Waals surface area contributed by atoms with Crippen molar-refractivity contribution in [2.75, 3.05) is 12.4 Å². The minimum atomic E-state index is -3.28. The molecule has 0 bridgehead atoms. The van der Waals surface area contributed by atoms with Crippen LogP contribution in [-0.4, -0.2) is 39.2 Å². The molecule has 0 atom stereocenters. The Kier molecular flexibility index (Phi) is 13.1. The van der Waals surface area contributed by atoms with Crippen LogP contribution < -0.4 is 3.58 Å². The van der Waals surface area contributed by atoms with E-state index in [2.05, 4.69) is 32.9 Å². The van der Waals surface area contributed by atoms with Gasteiger partial charge in [-0.3, -0.25) is 0 Å². The normalized spacial score (nSPS) is 12.2. The Bertz CT molecular complexity index is 857. The summed E-state index contributed by atoms with van der Waals surface area (Å²) < 4.78 is 37.2.